The van der Waals surface area contributed by atoms with Crippen LogP contribution in [-0.4, -0.2) is 62.7 Å². The van der Waals surface area contributed by atoms with E-state index in [1.54, 1.807) is 7.11 Å². The molecule has 0 N–H and O–H groups in total. The molecule has 4 nitrogen and oxygen atoms in total. The molecule has 19 heavy (non-hydrogen) atoms. The molecule has 0 aromatic rings. The van der Waals surface area contributed by atoms with Crippen molar-refractivity contribution < 1.29 is 9.53 Å². The highest BCUT2D eigenvalue weighted by molar-refractivity contribution is 5.79. The zero-order chi connectivity index (χ0) is 15.3. The average Bonchev–Trinajstić information content (AvgIpc) is 2.45. The van der Waals surface area contributed by atoms with E-state index in [2.05, 4.69) is 11.8 Å². The van der Waals surface area contributed by atoms with Gasteiger partial charge in [0, 0.05) is 33.3 Å². The molecule has 1 atom stereocenters. The lowest BCUT2D eigenvalue weighted by molar-refractivity contribution is -0.135. The first-order chi connectivity index (χ1) is 9.10. The second kappa shape index (κ2) is 13.8. The Morgan fingerprint density at radius 1 is 1.16 bits per heavy atom. The summed E-state index contributed by atoms with van der Waals surface area (Å²) >= 11 is 0. The molecule has 0 aliphatic rings. The fourth-order valence-electron chi connectivity index (χ4n) is 1.89. The molecular formula is C15H34N2O2. The zero-order valence-electron chi connectivity index (χ0n) is 14.0. The first-order valence-corrected chi connectivity index (χ1v) is 7.56. The van der Waals surface area contributed by atoms with Gasteiger partial charge >= 0.3 is 0 Å². The Morgan fingerprint density at radius 2 is 1.68 bits per heavy atom. The lowest BCUT2D eigenvalue weighted by Gasteiger charge is -2.27. The molecule has 0 aromatic carbocycles. The van der Waals surface area contributed by atoms with Gasteiger partial charge in [0.05, 0.1) is 12.5 Å². The summed E-state index contributed by atoms with van der Waals surface area (Å²) in [7, 11) is 3.74. The molecular weight excluding hydrogens is 240 g/mol. The van der Waals surface area contributed by atoms with Crippen LogP contribution in [0.5, 0.6) is 0 Å². The molecule has 0 aliphatic carbocycles. The second-order valence-electron chi connectivity index (χ2n) is 4.37. The van der Waals surface area contributed by atoms with E-state index in [4.69, 9.17) is 4.74 Å². The first kappa shape index (κ1) is 20.7. The van der Waals surface area contributed by atoms with Gasteiger partial charge in [0.15, 0.2) is 0 Å². The van der Waals surface area contributed by atoms with Crippen molar-refractivity contribution in [1.29, 1.82) is 0 Å². The van der Waals surface area contributed by atoms with Crippen molar-refractivity contribution in [2.24, 2.45) is 5.92 Å². The average molecular weight is 274 g/mol. The van der Waals surface area contributed by atoms with Gasteiger partial charge in [0.25, 0.3) is 0 Å². The fraction of sp³-hybridized carbons (Fsp3) is 0.933. The molecule has 0 fully saturated rings. The van der Waals surface area contributed by atoms with Crippen LogP contribution in [0.1, 0.15) is 41.0 Å². The molecule has 0 spiro atoms. The normalized spacial score (nSPS) is 11.8. The number of hydrogen-bond acceptors (Lipinski definition) is 3. The fourth-order valence-corrected chi connectivity index (χ4v) is 1.89. The van der Waals surface area contributed by atoms with Gasteiger partial charge in [-0.15, -0.1) is 0 Å². The number of methoxy groups -OCH3 is 1. The van der Waals surface area contributed by atoms with Crippen LogP contribution in [0.4, 0.5) is 0 Å². The van der Waals surface area contributed by atoms with Crippen molar-refractivity contribution in [3.8, 4) is 0 Å². The minimum Gasteiger partial charge on any atom is -0.383 e. The number of carbonyl (C=O) groups is 1. The summed E-state index contributed by atoms with van der Waals surface area (Å²) < 4.78 is 5.04. The Bertz CT molecular complexity index is 206. The largest absolute Gasteiger partial charge is 0.383 e. The van der Waals surface area contributed by atoms with E-state index < -0.39 is 0 Å². The lowest BCUT2D eigenvalue weighted by Crippen LogP contribution is -2.41. The molecule has 1 amide bonds. The Morgan fingerprint density at radius 3 is 2.05 bits per heavy atom. The topological polar surface area (TPSA) is 32.8 Å². The third kappa shape index (κ3) is 9.00. The van der Waals surface area contributed by atoms with Gasteiger partial charge in [0.1, 0.15) is 0 Å². The summed E-state index contributed by atoms with van der Waals surface area (Å²) in [5, 5.41) is 0. The summed E-state index contributed by atoms with van der Waals surface area (Å²) in [6, 6.07) is 0. The van der Waals surface area contributed by atoms with Crippen LogP contribution in [0.15, 0.2) is 0 Å². The molecule has 0 rings (SSSR count). The minimum atomic E-state index is 0.108. The summed E-state index contributed by atoms with van der Waals surface area (Å²) in [6.45, 7) is 14.1. The number of rotatable bonds is 9. The maximum atomic E-state index is 12.2. The van der Waals surface area contributed by atoms with E-state index in [-0.39, 0.29) is 11.8 Å². The van der Waals surface area contributed by atoms with Gasteiger partial charge in [-0.05, 0) is 27.3 Å². The molecule has 1 unspecified atom stereocenters. The molecule has 0 bridgehead atoms. The Hall–Kier alpha value is -0.610. The number of nitrogens with zero attached hydrogens (tertiary/aromatic N) is 2. The van der Waals surface area contributed by atoms with E-state index in [0.717, 1.165) is 32.6 Å². The van der Waals surface area contributed by atoms with Crippen molar-refractivity contribution in [2.45, 2.75) is 41.0 Å². The lowest BCUT2D eigenvalue weighted by atomic mass is 10.0. The van der Waals surface area contributed by atoms with Gasteiger partial charge in [0.2, 0.25) is 5.91 Å². The Balaban J connectivity index is 0. The smallest absolute Gasteiger partial charge is 0.226 e. The predicted molar refractivity (Wildman–Crippen MR) is 82.4 cm³/mol. The molecule has 0 radical (unpaired) electrons. The van der Waals surface area contributed by atoms with Crippen LogP contribution in [-0.2, 0) is 9.53 Å². The van der Waals surface area contributed by atoms with Crippen LogP contribution in [0, 0.1) is 5.92 Å². The number of amides is 1. The van der Waals surface area contributed by atoms with Crippen LogP contribution in [0.3, 0.4) is 0 Å². The number of carbonyl (C=O) groups excluding carboxylic acids is 1. The highest BCUT2D eigenvalue weighted by atomic mass is 16.5. The minimum absolute atomic E-state index is 0.108. The highest BCUT2D eigenvalue weighted by Gasteiger charge is 2.22. The van der Waals surface area contributed by atoms with Gasteiger partial charge in [-0.2, -0.15) is 0 Å². The van der Waals surface area contributed by atoms with Crippen molar-refractivity contribution in [1.82, 2.24) is 9.80 Å². The maximum Gasteiger partial charge on any atom is 0.226 e. The highest BCUT2D eigenvalue weighted by Crippen LogP contribution is 2.09. The molecule has 0 aromatic heterocycles. The van der Waals surface area contributed by atoms with E-state index in [0.29, 0.717) is 6.61 Å². The summed E-state index contributed by atoms with van der Waals surface area (Å²) in [4.78, 5) is 16.3. The Labute approximate surface area is 120 Å². The van der Waals surface area contributed by atoms with E-state index in [1.807, 2.05) is 39.6 Å². The van der Waals surface area contributed by atoms with E-state index in [9.17, 15) is 4.79 Å². The molecule has 0 saturated heterocycles. The van der Waals surface area contributed by atoms with Crippen molar-refractivity contribution in [3.63, 3.8) is 0 Å². The van der Waals surface area contributed by atoms with Gasteiger partial charge in [-0.1, -0.05) is 20.8 Å². The van der Waals surface area contributed by atoms with Crippen LogP contribution < -0.4 is 0 Å². The van der Waals surface area contributed by atoms with Gasteiger partial charge in [-0.3, -0.25) is 4.79 Å². The van der Waals surface area contributed by atoms with Gasteiger partial charge in [-0.25, -0.2) is 0 Å². The quantitative estimate of drug-likeness (QED) is 0.647. The van der Waals surface area contributed by atoms with Crippen LogP contribution >= 0.6 is 0 Å². The summed E-state index contributed by atoms with van der Waals surface area (Å²) in [5.74, 6) is 0.388. The third-order valence-electron chi connectivity index (χ3n) is 3.13. The number of ether oxygens (including phenoxy) is 1. The second-order valence-corrected chi connectivity index (χ2v) is 4.37. The van der Waals surface area contributed by atoms with Crippen molar-refractivity contribution in [2.75, 3.05) is 46.9 Å². The first-order valence-electron chi connectivity index (χ1n) is 7.56. The zero-order valence-corrected chi connectivity index (χ0v) is 14.0. The molecule has 0 heterocycles. The standard InChI is InChI=1S/C13H28N2O2.C2H6/c1-6-12(11-14(4)9-10-17-5)13(16)15(7-2)8-3;1-2/h12H,6-11H2,1-5H3;1-2H3. The van der Waals surface area contributed by atoms with Crippen molar-refractivity contribution >= 4 is 5.91 Å². The van der Waals surface area contributed by atoms with Crippen LogP contribution in [0.2, 0.25) is 0 Å². The molecule has 0 saturated carbocycles. The SMILES string of the molecule is CC.CCC(CN(C)CCOC)C(=O)N(CC)CC. The number of likely N-dealkylation sites (N-methyl/N-ethyl adjacent to an activating group) is 1. The monoisotopic (exact) mass is 274 g/mol. The Kier molecular flexibility index (Phi) is 15.1. The van der Waals surface area contributed by atoms with Crippen LogP contribution in [0.25, 0.3) is 0 Å². The third-order valence-corrected chi connectivity index (χ3v) is 3.13. The van der Waals surface area contributed by atoms with Gasteiger partial charge < -0.3 is 14.5 Å². The van der Waals surface area contributed by atoms with Crippen molar-refractivity contribution in [3.05, 3.63) is 0 Å². The summed E-state index contributed by atoms with van der Waals surface area (Å²) in [5.41, 5.74) is 0. The predicted octanol–water partition coefficient (Wildman–Crippen LogP) is 2.49. The molecule has 116 valence electrons. The van der Waals surface area contributed by atoms with E-state index >= 15 is 0 Å². The molecule has 4 heteroatoms. The maximum absolute atomic E-state index is 12.2. The summed E-state index contributed by atoms with van der Waals surface area (Å²) in [6.07, 6.45) is 0.895. The molecule has 0 aliphatic heterocycles. The number of hydrogen-bond donors (Lipinski definition) is 0. The van der Waals surface area contributed by atoms with E-state index in [1.165, 1.54) is 0 Å².